The van der Waals surface area contributed by atoms with E-state index in [0.717, 1.165) is 0 Å². The summed E-state index contributed by atoms with van der Waals surface area (Å²) in [4.78, 5) is 15.8. The number of aromatic nitrogens is 1. The third kappa shape index (κ3) is 4.86. The fourth-order valence-corrected chi connectivity index (χ4v) is 1.88. The van der Waals surface area contributed by atoms with Gasteiger partial charge in [-0.15, -0.1) is 0 Å². The molecule has 1 aromatic carbocycles. The smallest absolute Gasteiger partial charge is 0.319 e. The number of nitrogens with one attached hydrogen (secondary N) is 2. The molecule has 2 aromatic rings. The number of rotatable bonds is 6. The highest BCUT2D eigenvalue weighted by Crippen LogP contribution is 2.17. The molecule has 0 bridgehead atoms. The molecule has 7 nitrogen and oxygen atoms in total. The highest BCUT2D eigenvalue weighted by Gasteiger charge is 2.10. The van der Waals surface area contributed by atoms with Crippen molar-refractivity contribution in [3.8, 4) is 11.6 Å². The number of aliphatic hydroxyl groups is 1. The maximum Gasteiger partial charge on any atom is 0.319 e. The fourth-order valence-electron chi connectivity index (χ4n) is 1.88. The van der Waals surface area contributed by atoms with Crippen LogP contribution in [0.3, 0.4) is 0 Å². The molecule has 0 saturated carbocycles. The van der Waals surface area contributed by atoms with Gasteiger partial charge in [0.05, 0.1) is 32.2 Å². The number of amides is 2. The van der Waals surface area contributed by atoms with E-state index in [1.807, 2.05) is 0 Å². The molecule has 0 unspecified atom stereocenters. The summed E-state index contributed by atoms with van der Waals surface area (Å²) in [5, 5.41) is 15.3. The third-order valence-corrected chi connectivity index (χ3v) is 3.16. The van der Waals surface area contributed by atoms with Crippen LogP contribution >= 0.6 is 0 Å². The van der Waals surface area contributed by atoms with Crippen molar-refractivity contribution in [2.24, 2.45) is 0 Å². The number of nitrogens with zero attached hydrogens (tertiary/aromatic N) is 1. The van der Waals surface area contributed by atoms with E-state index < -0.39 is 12.1 Å². The van der Waals surface area contributed by atoms with Crippen LogP contribution in [0.25, 0.3) is 0 Å². The molecule has 0 aliphatic carbocycles. The van der Waals surface area contributed by atoms with E-state index in [9.17, 15) is 9.90 Å². The van der Waals surface area contributed by atoms with Crippen LogP contribution in [-0.2, 0) is 0 Å². The summed E-state index contributed by atoms with van der Waals surface area (Å²) in [6.45, 7) is 0.0851. The van der Waals surface area contributed by atoms with Crippen molar-refractivity contribution >= 4 is 11.7 Å². The molecule has 1 heterocycles. The van der Waals surface area contributed by atoms with Gasteiger partial charge in [0.15, 0.2) is 0 Å². The summed E-state index contributed by atoms with van der Waals surface area (Å²) in [6.07, 6.45) is 0.679. The van der Waals surface area contributed by atoms with Crippen LogP contribution in [0.1, 0.15) is 11.7 Å². The second-order valence-corrected chi connectivity index (χ2v) is 4.71. The van der Waals surface area contributed by atoms with E-state index in [2.05, 4.69) is 15.6 Å². The van der Waals surface area contributed by atoms with Gasteiger partial charge in [-0.1, -0.05) is 12.1 Å². The summed E-state index contributed by atoms with van der Waals surface area (Å²) in [6, 6.07) is 9.88. The number of ether oxygens (including phenoxy) is 2. The van der Waals surface area contributed by atoms with Crippen molar-refractivity contribution in [3.63, 3.8) is 0 Å². The first-order chi connectivity index (χ1) is 11.1. The Labute approximate surface area is 134 Å². The number of urea groups is 1. The molecule has 0 radical (unpaired) electrons. The Balaban J connectivity index is 1.82. The fraction of sp³-hybridized carbons (Fsp3) is 0.250. The molecule has 0 fully saturated rings. The number of methoxy groups -OCH3 is 2. The van der Waals surface area contributed by atoms with Crippen molar-refractivity contribution in [1.82, 2.24) is 10.3 Å². The second kappa shape index (κ2) is 8.00. The van der Waals surface area contributed by atoms with Gasteiger partial charge in [-0.25, -0.2) is 9.78 Å². The lowest BCUT2D eigenvalue weighted by Crippen LogP contribution is -2.32. The normalized spacial score (nSPS) is 11.4. The van der Waals surface area contributed by atoms with Crippen LogP contribution in [0.5, 0.6) is 11.6 Å². The zero-order chi connectivity index (χ0) is 16.7. The predicted octanol–water partition coefficient (Wildman–Crippen LogP) is 1.95. The third-order valence-electron chi connectivity index (χ3n) is 3.16. The van der Waals surface area contributed by atoms with E-state index in [1.54, 1.807) is 43.5 Å². The molecule has 1 atom stereocenters. The van der Waals surface area contributed by atoms with E-state index in [1.165, 1.54) is 13.3 Å². The van der Waals surface area contributed by atoms with Crippen molar-refractivity contribution < 1.29 is 19.4 Å². The van der Waals surface area contributed by atoms with E-state index in [-0.39, 0.29) is 6.54 Å². The number of hydrogen-bond acceptors (Lipinski definition) is 5. The largest absolute Gasteiger partial charge is 0.497 e. The maximum absolute atomic E-state index is 11.8. The summed E-state index contributed by atoms with van der Waals surface area (Å²) < 4.78 is 9.99. The Morgan fingerprint density at radius 2 is 1.91 bits per heavy atom. The van der Waals surface area contributed by atoms with E-state index in [0.29, 0.717) is 22.9 Å². The van der Waals surface area contributed by atoms with Gasteiger partial charge in [-0.3, -0.25) is 0 Å². The topological polar surface area (TPSA) is 92.7 Å². The molecule has 3 N–H and O–H groups in total. The molecule has 7 heteroatoms. The summed E-state index contributed by atoms with van der Waals surface area (Å²) in [7, 11) is 3.09. The molecular weight excluding hydrogens is 298 g/mol. The Bertz CT molecular complexity index is 629. The number of aliphatic hydroxyl groups excluding tert-OH is 1. The zero-order valence-corrected chi connectivity index (χ0v) is 12.9. The Morgan fingerprint density at radius 1 is 1.17 bits per heavy atom. The van der Waals surface area contributed by atoms with Crippen LogP contribution in [0.4, 0.5) is 10.5 Å². The highest BCUT2D eigenvalue weighted by molar-refractivity contribution is 5.89. The van der Waals surface area contributed by atoms with Crippen LogP contribution in [0, 0.1) is 0 Å². The van der Waals surface area contributed by atoms with Crippen LogP contribution < -0.4 is 20.1 Å². The van der Waals surface area contributed by atoms with Gasteiger partial charge in [0, 0.05) is 12.6 Å². The minimum absolute atomic E-state index is 0.0851. The number of benzene rings is 1. The van der Waals surface area contributed by atoms with E-state index >= 15 is 0 Å². The van der Waals surface area contributed by atoms with Gasteiger partial charge >= 0.3 is 6.03 Å². The van der Waals surface area contributed by atoms with Gasteiger partial charge < -0.3 is 25.2 Å². The molecule has 1 aromatic heterocycles. The van der Waals surface area contributed by atoms with Gasteiger partial charge in [-0.05, 0) is 23.8 Å². The Kier molecular flexibility index (Phi) is 5.76. The molecule has 0 spiro atoms. The first kappa shape index (κ1) is 16.6. The SMILES string of the molecule is COc1ccc([C@@H](O)CNC(=O)Nc2ccc(OC)nc2)cc1. The number of hydrogen-bond donors (Lipinski definition) is 3. The van der Waals surface area contributed by atoms with Gasteiger partial charge in [0.2, 0.25) is 5.88 Å². The minimum atomic E-state index is -0.805. The lowest BCUT2D eigenvalue weighted by molar-refractivity contribution is 0.175. The zero-order valence-electron chi connectivity index (χ0n) is 12.9. The Hall–Kier alpha value is -2.80. The van der Waals surface area contributed by atoms with E-state index in [4.69, 9.17) is 9.47 Å². The standard InChI is InChI=1S/C16H19N3O4/c1-22-13-6-3-11(4-7-13)14(20)10-18-16(21)19-12-5-8-15(23-2)17-9-12/h3-9,14,20H,10H2,1-2H3,(H2,18,19,21)/t14-/m0/s1. The van der Waals surface area contributed by atoms with Gasteiger partial charge in [-0.2, -0.15) is 0 Å². The molecule has 122 valence electrons. The predicted molar refractivity (Wildman–Crippen MR) is 85.8 cm³/mol. The molecule has 23 heavy (non-hydrogen) atoms. The number of carbonyl (C=O) groups excluding carboxylic acids is 1. The van der Waals surface area contributed by atoms with Crippen molar-refractivity contribution in [3.05, 3.63) is 48.2 Å². The summed E-state index contributed by atoms with van der Waals surface area (Å²) >= 11 is 0. The van der Waals surface area contributed by atoms with Crippen molar-refractivity contribution in [2.45, 2.75) is 6.10 Å². The lowest BCUT2D eigenvalue weighted by atomic mass is 10.1. The van der Waals surface area contributed by atoms with Crippen LogP contribution in [0.2, 0.25) is 0 Å². The van der Waals surface area contributed by atoms with Crippen LogP contribution in [0.15, 0.2) is 42.6 Å². The second-order valence-electron chi connectivity index (χ2n) is 4.71. The molecule has 0 aliphatic rings. The van der Waals surface area contributed by atoms with Gasteiger partial charge in [0.1, 0.15) is 5.75 Å². The molecular formula is C16H19N3O4. The molecule has 0 aliphatic heterocycles. The monoisotopic (exact) mass is 317 g/mol. The first-order valence-electron chi connectivity index (χ1n) is 6.99. The average molecular weight is 317 g/mol. The van der Waals surface area contributed by atoms with Crippen LogP contribution in [-0.4, -0.2) is 36.9 Å². The highest BCUT2D eigenvalue weighted by atomic mass is 16.5. The molecule has 2 rings (SSSR count). The average Bonchev–Trinajstić information content (AvgIpc) is 2.60. The minimum Gasteiger partial charge on any atom is -0.497 e. The first-order valence-corrected chi connectivity index (χ1v) is 6.99. The van der Waals surface area contributed by atoms with Gasteiger partial charge in [0.25, 0.3) is 0 Å². The summed E-state index contributed by atoms with van der Waals surface area (Å²) in [5.41, 5.74) is 1.22. The quantitative estimate of drug-likeness (QED) is 0.757. The summed E-state index contributed by atoms with van der Waals surface area (Å²) in [5.74, 6) is 1.17. The maximum atomic E-state index is 11.8. The number of anilines is 1. The lowest BCUT2D eigenvalue weighted by Gasteiger charge is -2.13. The molecule has 0 saturated heterocycles. The van der Waals surface area contributed by atoms with Crippen molar-refractivity contribution in [2.75, 3.05) is 26.1 Å². The number of pyridine rings is 1. The Morgan fingerprint density at radius 3 is 2.48 bits per heavy atom. The van der Waals surface area contributed by atoms with Crippen molar-refractivity contribution in [1.29, 1.82) is 0 Å². The molecule has 2 amide bonds. The number of carbonyl (C=O) groups is 1.